The Balaban J connectivity index is 1.89. The summed E-state index contributed by atoms with van der Waals surface area (Å²) in [5.74, 6) is 0.0789. The molecule has 4 rings (SSSR count). The minimum Gasteiger partial charge on any atom is -0.382 e. The van der Waals surface area contributed by atoms with Crippen LogP contribution in [0.25, 0.3) is 22.0 Å². The number of nitrogens with two attached hydrogens (primary N) is 1. The van der Waals surface area contributed by atoms with Crippen LogP contribution in [0.1, 0.15) is 24.1 Å². The van der Waals surface area contributed by atoms with Crippen LogP contribution in [0.4, 0.5) is 16.0 Å². The number of fused-ring (bicyclic) bond motifs is 1. The molecule has 1 atom stereocenters. The molecule has 7 heteroatoms. The first-order valence-electron chi connectivity index (χ1n) is 8.99. The number of hydrogen-bond acceptors (Lipinski definition) is 6. The third-order valence-corrected chi connectivity index (χ3v) is 4.74. The maximum atomic E-state index is 14.8. The molecule has 0 spiro atoms. The maximum absolute atomic E-state index is 14.8. The molecular formula is C22H17FN6. The van der Waals surface area contributed by atoms with Crippen molar-refractivity contribution in [1.29, 1.82) is 5.26 Å². The van der Waals surface area contributed by atoms with Crippen LogP contribution in [0, 0.1) is 17.1 Å². The molecule has 0 bridgehead atoms. The average Bonchev–Trinajstić information content (AvgIpc) is 2.74. The van der Waals surface area contributed by atoms with Crippen LogP contribution < -0.4 is 11.1 Å². The van der Waals surface area contributed by atoms with Crippen LogP contribution >= 0.6 is 0 Å². The number of nitriles is 1. The van der Waals surface area contributed by atoms with Gasteiger partial charge >= 0.3 is 0 Å². The van der Waals surface area contributed by atoms with Gasteiger partial charge in [0.2, 0.25) is 0 Å². The highest BCUT2D eigenvalue weighted by atomic mass is 19.1. The van der Waals surface area contributed by atoms with E-state index in [1.165, 1.54) is 12.4 Å². The fourth-order valence-corrected chi connectivity index (χ4v) is 3.36. The quantitative estimate of drug-likeness (QED) is 0.539. The van der Waals surface area contributed by atoms with Crippen molar-refractivity contribution in [3.63, 3.8) is 0 Å². The summed E-state index contributed by atoms with van der Waals surface area (Å²) in [6.45, 7) is 1.90. The third kappa shape index (κ3) is 3.32. The summed E-state index contributed by atoms with van der Waals surface area (Å²) in [6, 6.07) is 16.1. The molecule has 29 heavy (non-hydrogen) atoms. The lowest BCUT2D eigenvalue weighted by Gasteiger charge is -2.21. The number of nitrogens with zero attached hydrogens (tertiary/aromatic N) is 4. The van der Waals surface area contributed by atoms with Gasteiger partial charge in [-0.2, -0.15) is 5.26 Å². The second-order valence-electron chi connectivity index (χ2n) is 6.55. The molecule has 0 radical (unpaired) electrons. The fraction of sp³-hybridized carbons (Fsp3) is 0.0909. The summed E-state index contributed by atoms with van der Waals surface area (Å²) >= 11 is 0. The van der Waals surface area contributed by atoms with E-state index in [4.69, 9.17) is 5.73 Å². The van der Waals surface area contributed by atoms with E-state index in [0.29, 0.717) is 16.7 Å². The monoisotopic (exact) mass is 384 g/mol. The molecule has 2 aromatic heterocycles. The third-order valence-electron chi connectivity index (χ3n) is 4.74. The first kappa shape index (κ1) is 18.3. The zero-order valence-corrected chi connectivity index (χ0v) is 15.6. The van der Waals surface area contributed by atoms with Gasteiger partial charge in [0.25, 0.3) is 0 Å². The molecule has 0 amide bonds. The number of halogens is 1. The van der Waals surface area contributed by atoms with E-state index >= 15 is 0 Å². The van der Waals surface area contributed by atoms with Crippen LogP contribution in [0.15, 0.2) is 61.1 Å². The van der Waals surface area contributed by atoms with Crippen molar-refractivity contribution in [3.05, 3.63) is 78.0 Å². The van der Waals surface area contributed by atoms with E-state index in [-0.39, 0.29) is 23.2 Å². The van der Waals surface area contributed by atoms with Crippen molar-refractivity contribution in [2.45, 2.75) is 13.0 Å². The maximum Gasteiger partial charge on any atom is 0.150 e. The number of aromatic nitrogens is 3. The van der Waals surface area contributed by atoms with Crippen molar-refractivity contribution in [2.75, 3.05) is 11.1 Å². The van der Waals surface area contributed by atoms with E-state index in [1.54, 1.807) is 18.3 Å². The molecule has 0 aliphatic rings. The molecular weight excluding hydrogens is 367 g/mol. The largest absolute Gasteiger partial charge is 0.382 e. The van der Waals surface area contributed by atoms with Crippen molar-refractivity contribution in [1.82, 2.24) is 15.0 Å². The van der Waals surface area contributed by atoms with Gasteiger partial charge in [-0.15, -0.1) is 0 Å². The fourth-order valence-electron chi connectivity index (χ4n) is 3.36. The summed E-state index contributed by atoms with van der Waals surface area (Å²) in [6.07, 6.45) is 3.01. The summed E-state index contributed by atoms with van der Waals surface area (Å²) < 4.78 is 14.8. The lowest BCUT2D eigenvalue weighted by molar-refractivity contribution is 0.639. The second-order valence-corrected chi connectivity index (χ2v) is 6.55. The van der Waals surface area contributed by atoms with Crippen molar-refractivity contribution in [3.8, 4) is 17.2 Å². The number of hydrogen-bond donors (Lipinski definition) is 2. The molecule has 2 heterocycles. The van der Waals surface area contributed by atoms with Crippen LogP contribution in [0.3, 0.4) is 0 Å². The second kappa shape index (κ2) is 7.52. The average molecular weight is 384 g/mol. The van der Waals surface area contributed by atoms with Gasteiger partial charge in [0.15, 0.2) is 0 Å². The van der Waals surface area contributed by atoms with E-state index in [1.807, 2.05) is 43.3 Å². The van der Waals surface area contributed by atoms with Crippen molar-refractivity contribution in [2.24, 2.45) is 0 Å². The smallest absolute Gasteiger partial charge is 0.150 e. The van der Waals surface area contributed by atoms with Gasteiger partial charge in [0.05, 0.1) is 11.6 Å². The molecule has 6 nitrogen and oxygen atoms in total. The van der Waals surface area contributed by atoms with Gasteiger partial charge < -0.3 is 11.1 Å². The van der Waals surface area contributed by atoms with E-state index in [0.717, 1.165) is 16.7 Å². The summed E-state index contributed by atoms with van der Waals surface area (Å²) in [5, 5.41) is 13.0. The molecule has 0 saturated heterocycles. The predicted octanol–water partition coefficient (Wildman–Crippen LogP) is 4.46. The summed E-state index contributed by atoms with van der Waals surface area (Å²) in [4.78, 5) is 12.4. The molecule has 3 N–H and O–H groups in total. The number of nitrogens with one attached hydrogen (secondary N) is 1. The van der Waals surface area contributed by atoms with Gasteiger partial charge in [-0.25, -0.2) is 14.4 Å². The minimum atomic E-state index is -0.341. The zero-order valence-electron chi connectivity index (χ0n) is 15.6. The van der Waals surface area contributed by atoms with Gasteiger partial charge in [-0.05, 0) is 24.6 Å². The number of benzene rings is 2. The van der Waals surface area contributed by atoms with Gasteiger partial charge in [-0.1, -0.05) is 36.4 Å². The Morgan fingerprint density at radius 1 is 1.07 bits per heavy atom. The van der Waals surface area contributed by atoms with Crippen molar-refractivity contribution >= 4 is 22.5 Å². The topological polar surface area (TPSA) is 101 Å². The van der Waals surface area contributed by atoms with Gasteiger partial charge in [-0.3, -0.25) is 4.98 Å². The Morgan fingerprint density at radius 3 is 2.62 bits per heavy atom. The SMILES string of the molecule is C[C@H](Nc1ncnc(N)c1C#N)c1cnc2cccc(F)c2c1-c1ccccc1. The first-order valence-corrected chi connectivity index (χ1v) is 8.99. The number of pyridine rings is 1. The number of anilines is 2. The molecule has 142 valence electrons. The Bertz CT molecular complexity index is 1230. The molecule has 0 aliphatic heterocycles. The number of rotatable bonds is 4. The molecule has 0 aliphatic carbocycles. The van der Waals surface area contributed by atoms with Gasteiger partial charge in [0.1, 0.15) is 35.4 Å². The highest BCUT2D eigenvalue weighted by molar-refractivity contribution is 5.96. The van der Waals surface area contributed by atoms with E-state index in [2.05, 4.69) is 20.3 Å². The molecule has 0 saturated carbocycles. The zero-order chi connectivity index (χ0) is 20.4. The molecule has 0 unspecified atom stereocenters. The Labute approximate surface area is 166 Å². The normalized spacial score (nSPS) is 11.8. The van der Waals surface area contributed by atoms with Gasteiger partial charge in [0, 0.05) is 22.7 Å². The minimum absolute atomic E-state index is 0.100. The lowest BCUT2D eigenvalue weighted by Crippen LogP contribution is -2.13. The highest BCUT2D eigenvalue weighted by Crippen LogP contribution is 2.36. The lowest BCUT2D eigenvalue weighted by atomic mass is 9.93. The number of nitrogen functional groups attached to an aromatic ring is 1. The summed E-state index contributed by atoms with van der Waals surface area (Å²) in [7, 11) is 0. The standard InChI is InChI=1S/C22H17FN6/c1-13(29-22-15(10-24)21(25)27-12-28-22)16-11-26-18-9-5-8-17(23)20(18)19(16)14-6-3-2-4-7-14/h2-9,11-13H,1H3,(H3,25,27,28,29)/t13-/m0/s1. The highest BCUT2D eigenvalue weighted by Gasteiger charge is 2.20. The van der Waals surface area contributed by atoms with Crippen LogP contribution in [0.5, 0.6) is 0 Å². The Hall–Kier alpha value is -4.05. The molecule has 0 fully saturated rings. The Kier molecular flexibility index (Phi) is 4.75. The van der Waals surface area contributed by atoms with Crippen LogP contribution in [-0.4, -0.2) is 15.0 Å². The summed E-state index contributed by atoms with van der Waals surface area (Å²) in [5.41, 5.74) is 8.92. The molecule has 4 aromatic rings. The Morgan fingerprint density at radius 2 is 1.86 bits per heavy atom. The first-order chi connectivity index (χ1) is 14.1. The van der Waals surface area contributed by atoms with Crippen molar-refractivity contribution < 1.29 is 4.39 Å². The van der Waals surface area contributed by atoms with Crippen LogP contribution in [-0.2, 0) is 0 Å². The van der Waals surface area contributed by atoms with E-state index in [9.17, 15) is 9.65 Å². The van der Waals surface area contributed by atoms with Crippen LogP contribution in [0.2, 0.25) is 0 Å². The predicted molar refractivity (Wildman–Crippen MR) is 110 cm³/mol. The van der Waals surface area contributed by atoms with E-state index < -0.39 is 0 Å². The molecule has 2 aromatic carbocycles.